The van der Waals surface area contributed by atoms with Crippen LogP contribution in [0.25, 0.3) is 0 Å². The van der Waals surface area contributed by atoms with Gasteiger partial charge in [-0.25, -0.2) is 0 Å². The lowest BCUT2D eigenvalue weighted by molar-refractivity contribution is -0.167. The van der Waals surface area contributed by atoms with Crippen molar-refractivity contribution in [2.24, 2.45) is 0 Å². The van der Waals surface area contributed by atoms with Crippen LogP contribution in [0.2, 0.25) is 0 Å². The first-order valence-electron chi connectivity index (χ1n) is 33.7. The summed E-state index contributed by atoms with van der Waals surface area (Å²) in [6.45, 7) is 6.45. The summed E-state index contributed by atoms with van der Waals surface area (Å²) in [4.78, 5) is 38.3. The fourth-order valence-corrected chi connectivity index (χ4v) is 9.06. The van der Waals surface area contributed by atoms with Gasteiger partial charge in [0.25, 0.3) is 0 Å². The molecule has 0 saturated heterocycles. The Morgan fingerprint density at radius 1 is 0.259 bits per heavy atom. The molecule has 0 spiro atoms. The minimum atomic E-state index is -0.806. The summed E-state index contributed by atoms with van der Waals surface area (Å²) < 4.78 is 16.9. The largest absolute Gasteiger partial charge is 0.462 e. The van der Waals surface area contributed by atoms with Crippen molar-refractivity contribution in [3.8, 4) is 0 Å². The Balaban J connectivity index is 4.35. The van der Waals surface area contributed by atoms with Crippen LogP contribution in [0, 0.1) is 0 Å². The lowest BCUT2D eigenvalue weighted by Gasteiger charge is -2.18. The van der Waals surface area contributed by atoms with Crippen molar-refractivity contribution in [2.45, 2.75) is 309 Å². The molecule has 0 aliphatic rings. The standard InChI is InChI=1S/C75H124O6/c1-4-7-10-13-16-19-22-24-26-28-30-32-34-36-37-39-40-42-44-46-48-50-53-56-59-62-65-68-74(77)80-71-72(70-79-73(76)67-64-61-58-55-52-21-18-15-12-9-6-3)81-75(78)69-66-63-60-57-54-51-49-47-45-43-41-38-35-33-31-29-27-25-23-20-17-14-11-8-5-2/h8,11,15,17-18,20,22,24-25,27-28,30-31,33-34,36,38,41,45,47,51,54,72H,4-7,9-10,12-14,16,19,21,23,26,29,32,35,37,39-40,42-44,46,48-50,52-53,55-71H2,1-3H3/b11-8-,18-15-,20-17-,24-22-,27-25-,30-28-,33-31-,36-34-,41-38-,47-45-,54-51-. The number of hydrogen-bond donors (Lipinski definition) is 0. The summed E-state index contributed by atoms with van der Waals surface area (Å²) in [5, 5.41) is 0. The molecule has 1 unspecified atom stereocenters. The van der Waals surface area contributed by atoms with Crippen LogP contribution in [0.3, 0.4) is 0 Å². The lowest BCUT2D eigenvalue weighted by atomic mass is 10.0. The second-order valence-corrected chi connectivity index (χ2v) is 22.0. The van der Waals surface area contributed by atoms with E-state index in [1.54, 1.807) is 0 Å². The van der Waals surface area contributed by atoms with Crippen molar-refractivity contribution in [1.82, 2.24) is 0 Å². The SMILES string of the molecule is CC/C=C\C/C=C\C/C=C\C/C=C\C/C=C\C/C=C\C/C=C\CCCCCC(=O)OC(COC(=O)CCCCCCC/C=C\CCCC)COC(=O)CCCCCCCCCCCCCC/C=C\C/C=C\C/C=C\CCCCCCC. The minimum absolute atomic E-state index is 0.0982. The molecule has 0 bridgehead atoms. The monoisotopic (exact) mass is 1120 g/mol. The molecule has 0 amide bonds. The first-order chi connectivity index (χ1) is 40.0. The van der Waals surface area contributed by atoms with E-state index in [0.29, 0.717) is 12.8 Å². The number of hydrogen-bond acceptors (Lipinski definition) is 6. The van der Waals surface area contributed by atoms with Gasteiger partial charge in [-0.05, 0) is 135 Å². The van der Waals surface area contributed by atoms with Gasteiger partial charge < -0.3 is 14.2 Å². The first-order valence-corrected chi connectivity index (χ1v) is 33.7. The maximum absolute atomic E-state index is 12.9. The van der Waals surface area contributed by atoms with Crippen LogP contribution in [0.4, 0.5) is 0 Å². The molecule has 0 N–H and O–H groups in total. The van der Waals surface area contributed by atoms with Gasteiger partial charge in [0.15, 0.2) is 6.10 Å². The number of rotatable bonds is 60. The van der Waals surface area contributed by atoms with Crippen LogP contribution >= 0.6 is 0 Å². The van der Waals surface area contributed by atoms with Crippen LogP contribution in [0.1, 0.15) is 303 Å². The zero-order valence-corrected chi connectivity index (χ0v) is 52.8. The van der Waals surface area contributed by atoms with E-state index in [-0.39, 0.29) is 37.5 Å². The minimum Gasteiger partial charge on any atom is -0.462 e. The molecule has 0 radical (unpaired) electrons. The summed E-state index contributed by atoms with van der Waals surface area (Å²) >= 11 is 0. The molecule has 0 heterocycles. The molecule has 81 heavy (non-hydrogen) atoms. The van der Waals surface area contributed by atoms with Gasteiger partial charge in [-0.2, -0.15) is 0 Å². The van der Waals surface area contributed by atoms with Gasteiger partial charge in [-0.1, -0.05) is 283 Å². The van der Waals surface area contributed by atoms with Gasteiger partial charge >= 0.3 is 17.9 Å². The molecule has 0 fully saturated rings. The molecule has 6 nitrogen and oxygen atoms in total. The van der Waals surface area contributed by atoms with E-state index < -0.39 is 6.10 Å². The van der Waals surface area contributed by atoms with Gasteiger partial charge in [0, 0.05) is 19.3 Å². The first kappa shape index (κ1) is 76.5. The highest BCUT2D eigenvalue weighted by Gasteiger charge is 2.19. The van der Waals surface area contributed by atoms with Gasteiger partial charge in [0.1, 0.15) is 13.2 Å². The molecular weight excluding hydrogens is 997 g/mol. The number of carbonyl (C=O) groups excluding carboxylic acids is 3. The van der Waals surface area contributed by atoms with E-state index >= 15 is 0 Å². The highest BCUT2D eigenvalue weighted by molar-refractivity contribution is 5.71. The quantitative estimate of drug-likeness (QED) is 0.0261. The molecule has 0 aromatic heterocycles. The maximum atomic E-state index is 12.9. The van der Waals surface area contributed by atoms with Crippen LogP contribution < -0.4 is 0 Å². The van der Waals surface area contributed by atoms with Gasteiger partial charge in [-0.15, -0.1) is 0 Å². The Morgan fingerprint density at radius 3 is 0.815 bits per heavy atom. The summed E-state index contributed by atoms with van der Waals surface area (Å²) in [6, 6.07) is 0. The Labute approximate surface area is 500 Å². The Hall–Kier alpha value is -4.45. The molecule has 6 heteroatoms. The van der Waals surface area contributed by atoms with Crippen LogP contribution in [0.5, 0.6) is 0 Å². The summed E-state index contributed by atoms with van der Waals surface area (Å²) in [5.74, 6) is -0.940. The third kappa shape index (κ3) is 66.2. The fourth-order valence-electron chi connectivity index (χ4n) is 9.06. The van der Waals surface area contributed by atoms with Gasteiger partial charge in [0.05, 0.1) is 0 Å². The number of ether oxygens (including phenoxy) is 3. The normalized spacial score (nSPS) is 13.0. The van der Waals surface area contributed by atoms with Crippen molar-refractivity contribution in [3.05, 3.63) is 134 Å². The van der Waals surface area contributed by atoms with E-state index in [4.69, 9.17) is 14.2 Å². The topological polar surface area (TPSA) is 78.9 Å². The van der Waals surface area contributed by atoms with E-state index in [9.17, 15) is 14.4 Å². The highest BCUT2D eigenvalue weighted by atomic mass is 16.6. The van der Waals surface area contributed by atoms with Crippen molar-refractivity contribution < 1.29 is 28.6 Å². The summed E-state index contributed by atoms with van der Waals surface area (Å²) in [6.07, 6.45) is 96.1. The summed E-state index contributed by atoms with van der Waals surface area (Å²) in [5.41, 5.74) is 0. The van der Waals surface area contributed by atoms with E-state index in [1.165, 1.54) is 128 Å². The average molecular weight is 1120 g/mol. The van der Waals surface area contributed by atoms with Crippen molar-refractivity contribution in [3.63, 3.8) is 0 Å². The molecule has 0 aromatic carbocycles. The third-order valence-electron chi connectivity index (χ3n) is 14.1. The molecule has 0 aliphatic carbocycles. The Bertz CT molecular complexity index is 1720. The number of unbranched alkanes of at least 4 members (excludes halogenated alkanes) is 27. The average Bonchev–Trinajstić information content (AvgIpc) is 3.47. The molecule has 0 rings (SSSR count). The molecule has 0 saturated carbocycles. The third-order valence-corrected chi connectivity index (χ3v) is 14.1. The van der Waals surface area contributed by atoms with E-state index in [1.807, 2.05) is 0 Å². The second-order valence-electron chi connectivity index (χ2n) is 22.0. The molecule has 0 aromatic rings. The second kappa shape index (κ2) is 68.1. The molecule has 1 atom stereocenters. The predicted molar refractivity (Wildman–Crippen MR) is 353 cm³/mol. The zero-order valence-electron chi connectivity index (χ0n) is 52.8. The molecular formula is C75H124O6. The number of allylic oxidation sites excluding steroid dienone is 22. The number of esters is 3. The smallest absolute Gasteiger partial charge is 0.306 e. The maximum Gasteiger partial charge on any atom is 0.306 e. The molecule has 460 valence electrons. The lowest BCUT2D eigenvalue weighted by Crippen LogP contribution is -2.30. The highest BCUT2D eigenvalue weighted by Crippen LogP contribution is 2.15. The van der Waals surface area contributed by atoms with Crippen LogP contribution in [0.15, 0.2) is 134 Å². The van der Waals surface area contributed by atoms with Gasteiger partial charge in [-0.3, -0.25) is 14.4 Å². The van der Waals surface area contributed by atoms with Gasteiger partial charge in [0.2, 0.25) is 0 Å². The summed E-state index contributed by atoms with van der Waals surface area (Å²) in [7, 11) is 0. The van der Waals surface area contributed by atoms with Crippen molar-refractivity contribution in [2.75, 3.05) is 13.2 Å². The predicted octanol–water partition coefficient (Wildman–Crippen LogP) is 23.3. The fraction of sp³-hybridized carbons (Fsp3) is 0.667. The van der Waals surface area contributed by atoms with Crippen LogP contribution in [-0.4, -0.2) is 37.2 Å². The van der Waals surface area contributed by atoms with Crippen molar-refractivity contribution >= 4 is 17.9 Å². The van der Waals surface area contributed by atoms with Crippen molar-refractivity contribution in [1.29, 1.82) is 0 Å². The number of carbonyl (C=O) groups is 3. The Morgan fingerprint density at radius 2 is 0.494 bits per heavy atom. The van der Waals surface area contributed by atoms with E-state index in [0.717, 1.165) is 135 Å². The van der Waals surface area contributed by atoms with E-state index in [2.05, 4.69) is 154 Å². The molecule has 0 aliphatic heterocycles. The zero-order chi connectivity index (χ0) is 58.5. The van der Waals surface area contributed by atoms with Crippen LogP contribution in [-0.2, 0) is 28.6 Å². The Kier molecular flexibility index (Phi) is 64.3.